The summed E-state index contributed by atoms with van der Waals surface area (Å²) in [6.07, 6.45) is 2.31. The molecule has 0 radical (unpaired) electrons. The lowest BCUT2D eigenvalue weighted by molar-refractivity contribution is 0.414. The number of ether oxygens (including phenoxy) is 1. The molecule has 1 rings (SSSR count). The molecule has 1 unspecified atom stereocenters. The smallest absolute Gasteiger partial charge is 0.118 e. The zero-order valence-corrected chi connectivity index (χ0v) is 11.3. The molecule has 0 aliphatic rings. The van der Waals surface area contributed by atoms with Crippen molar-refractivity contribution in [1.82, 2.24) is 0 Å². The fourth-order valence-corrected chi connectivity index (χ4v) is 1.66. The highest BCUT2D eigenvalue weighted by Gasteiger charge is 2.08. The number of rotatable bonds is 5. The molecule has 0 spiro atoms. The van der Waals surface area contributed by atoms with Crippen LogP contribution in [0.4, 0.5) is 0 Å². The van der Waals surface area contributed by atoms with E-state index >= 15 is 0 Å². The molecule has 0 aliphatic heterocycles. The zero-order valence-electron chi connectivity index (χ0n) is 9.66. The van der Waals surface area contributed by atoms with Gasteiger partial charge in [-0.15, -0.1) is 0 Å². The van der Waals surface area contributed by atoms with Gasteiger partial charge in [-0.25, -0.2) is 0 Å². The normalized spacial score (nSPS) is 12.9. The van der Waals surface area contributed by atoms with Crippen LogP contribution in [0.3, 0.4) is 0 Å². The summed E-state index contributed by atoms with van der Waals surface area (Å²) in [6, 6.07) is 8.32. The third-order valence-corrected chi connectivity index (χ3v) is 4.11. The Hall–Kier alpha value is -0.500. The van der Waals surface area contributed by atoms with Crippen LogP contribution in [0, 0.1) is 5.92 Å². The van der Waals surface area contributed by atoms with Crippen LogP contribution in [0.1, 0.15) is 25.8 Å². The molecule has 0 aliphatic carbocycles. The van der Waals surface area contributed by atoms with Crippen molar-refractivity contribution in [3.8, 4) is 5.75 Å². The molecule has 0 N–H and O–H groups in total. The van der Waals surface area contributed by atoms with Gasteiger partial charge in [0.15, 0.2) is 0 Å². The van der Waals surface area contributed by atoms with E-state index in [1.807, 2.05) is 12.1 Å². The number of methoxy groups -OCH3 is 1. The maximum Gasteiger partial charge on any atom is 0.118 e. The third-order valence-electron chi connectivity index (χ3n) is 2.59. The van der Waals surface area contributed by atoms with E-state index in [0.29, 0.717) is 10.7 Å². The van der Waals surface area contributed by atoms with E-state index in [0.717, 1.165) is 12.2 Å². The predicted molar refractivity (Wildman–Crippen MR) is 68.9 cm³/mol. The summed E-state index contributed by atoms with van der Waals surface area (Å²) in [5, 5.41) is 0. The van der Waals surface area contributed by atoms with E-state index in [1.165, 1.54) is 12.0 Å². The number of hydrogen-bond acceptors (Lipinski definition) is 1. The highest BCUT2D eigenvalue weighted by Crippen LogP contribution is 2.19. The van der Waals surface area contributed by atoms with Crippen molar-refractivity contribution in [2.75, 3.05) is 7.11 Å². The molecule has 1 nitrogen and oxygen atoms in total. The Morgan fingerprint density at radius 2 is 1.80 bits per heavy atom. The molecule has 1 aromatic rings. The first-order valence-corrected chi connectivity index (χ1v) is 6.32. The van der Waals surface area contributed by atoms with E-state index in [1.54, 1.807) is 7.11 Å². The molecule has 15 heavy (non-hydrogen) atoms. The van der Waals surface area contributed by atoms with Crippen molar-refractivity contribution in [1.29, 1.82) is 0 Å². The van der Waals surface area contributed by atoms with Gasteiger partial charge in [0.25, 0.3) is 0 Å². The molecule has 0 amide bonds. The van der Waals surface area contributed by atoms with E-state index in [2.05, 4.69) is 41.9 Å². The van der Waals surface area contributed by atoms with E-state index in [9.17, 15) is 0 Å². The average Bonchev–Trinajstić information content (AvgIpc) is 2.26. The van der Waals surface area contributed by atoms with E-state index in [4.69, 9.17) is 4.74 Å². The summed E-state index contributed by atoms with van der Waals surface area (Å²) in [4.78, 5) is 0.611. The summed E-state index contributed by atoms with van der Waals surface area (Å²) in [5.41, 5.74) is 1.38. The third kappa shape index (κ3) is 4.25. The molecule has 1 atom stereocenters. The van der Waals surface area contributed by atoms with Crippen molar-refractivity contribution in [2.24, 2.45) is 5.92 Å². The van der Waals surface area contributed by atoms with Gasteiger partial charge in [-0.05, 0) is 36.5 Å². The Balaban J connectivity index is 2.44. The summed E-state index contributed by atoms with van der Waals surface area (Å²) in [6.45, 7) is 4.49. The van der Waals surface area contributed by atoms with Crippen molar-refractivity contribution >= 4 is 15.9 Å². The van der Waals surface area contributed by atoms with Gasteiger partial charge in [-0.2, -0.15) is 0 Å². The fourth-order valence-electron chi connectivity index (χ4n) is 1.43. The standard InChI is InChI=1S/C13H19BrO/c1-10(2)13(14)9-6-11-4-7-12(15-3)8-5-11/h4-5,7-8,10,13H,6,9H2,1-3H3. The number of halogens is 1. The first kappa shape index (κ1) is 12.6. The summed E-state index contributed by atoms with van der Waals surface area (Å²) < 4.78 is 5.12. The van der Waals surface area contributed by atoms with Crippen molar-refractivity contribution in [3.05, 3.63) is 29.8 Å². The average molecular weight is 271 g/mol. The molecular formula is C13H19BrO. The number of benzene rings is 1. The molecular weight excluding hydrogens is 252 g/mol. The van der Waals surface area contributed by atoms with Crippen LogP contribution in [-0.4, -0.2) is 11.9 Å². The highest BCUT2D eigenvalue weighted by molar-refractivity contribution is 9.09. The number of aryl methyl sites for hydroxylation is 1. The van der Waals surface area contributed by atoms with Crippen molar-refractivity contribution in [3.63, 3.8) is 0 Å². The highest BCUT2D eigenvalue weighted by atomic mass is 79.9. The first-order chi connectivity index (χ1) is 7.13. The maximum absolute atomic E-state index is 5.12. The molecule has 0 bridgehead atoms. The summed E-state index contributed by atoms with van der Waals surface area (Å²) >= 11 is 3.70. The van der Waals surface area contributed by atoms with Gasteiger partial charge < -0.3 is 4.74 Å². The Morgan fingerprint density at radius 3 is 2.27 bits per heavy atom. The molecule has 0 fully saturated rings. The van der Waals surface area contributed by atoms with Gasteiger partial charge >= 0.3 is 0 Å². The van der Waals surface area contributed by atoms with Crippen molar-refractivity contribution in [2.45, 2.75) is 31.5 Å². The van der Waals surface area contributed by atoms with Crippen molar-refractivity contribution < 1.29 is 4.74 Å². The van der Waals surface area contributed by atoms with Gasteiger partial charge in [-0.1, -0.05) is 41.9 Å². The van der Waals surface area contributed by atoms with Gasteiger partial charge in [0, 0.05) is 4.83 Å². The Labute approximate surface area is 101 Å². The molecule has 0 saturated carbocycles. The molecule has 84 valence electrons. The molecule has 1 aromatic carbocycles. The lowest BCUT2D eigenvalue weighted by atomic mass is 10.0. The van der Waals surface area contributed by atoms with Crippen LogP contribution in [0.25, 0.3) is 0 Å². The van der Waals surface area contributed by atoms with E-state index < -0.39 is 0 Å². The van der Waals surface area contributed by atoms with Gasteiger partial charge in [0.2, 0.25) is 0 Å². The Morgan fingerprint density at radius 1 is 1.20 bits per heavy atom. The van der Waals surface area contributed by atoms with Crippen LogP contribution >= 0.6 is 15.9 Å². The minimum atomic E-state index is 0.611. The van der Waals surface area contributed by atoms with Crippen LogP contribution in [0.2, 0.25) is 0 Å². The molecule has 2 heteroatoms. The fraction of sp³-hybridized carbons (Fsp3) is 0.538. The second kappa shape index (κ2) is 6.16. The predicted octanol–water partition coefficient (Wildman–Crippen LogP) is 4.05. The second-order valence-corrected chi connectivity index (χ2v) is 5.32. The monoisotopic (exact) mass is 270 g/mol. The van der Waals surface area contributed by atoms with Gasteiger partial charge in [-0.3, -0.25) is 0 Å². The lowest BCUT2D eigenvalue weighted by Gasteiger charge is -2.13. The maximum atomic E-state index is 5.12. The lowest BCUT2D eigenvalue weighted by Crippen LogP contribution is -2.08. The van der Waals surface area contributed by atoms with Crippen LogP contribution < -0.4 is 4.74 Å². The second-order valence-electron chi connectivity index (χ2n) is 4.15. The molecule has 0 heterocycles. The SMILES string of the molecule is COc1ccc(CCC(Br)C(C)C)cc1. The topological polar surface area (TPSA) is 9.23 Å². The Kier molecular flexibility index (Phi) is 5.16. The Bertz CT molecular complexity index is 279. The van der Waals surface area contributed by atoms with Gasteiger partial charge in [0.1, 0.15) is 5.75 Å². The molecule has 0 aromatic heterocycles. The summed E-state index contributed by atoms with van der Waals surface area (Å²) in [7, 11) is 1.70. The van der Waals surface area contributed by atoms with Crippen LogP contribution in [0.15, 0.2) is 24.3 Å². The van der Waals surface area contributed by atoms with Gasteiger partial charge in [0.05, 0.1) is 7.11 Å². The number of alkyl halides is 1. The number of hydrogen-bond donors (Lipinski definition) is 0. The quantitative estimate of drug-likeness (QED) is 0.734. The van der Waals surface area contributed by atoms with Crippen LogP contribution in [0.5, 0.6) is 5.75 Å². The first-order valence-electron chi connectivity index (χ1n) is 5.40. The largest absolute Gasteiger partial charge is 0.497 e. The van der Waals surface area contributed by atoms with E-state index in [-0.39, 0.29) is 0 Å². The molecule has 0 saturated heterocycles. The minimum Gasteiger partial charge on any atom is -0.497 e. The van der Waals surface area contributed by atoms with Crippen LogP contribution in [-0.2, 0) is 6.42 Å². The minimum absolute atomic E-state index is 0.611. The zero-order chi connectivity index (χ0) is 11.3. The summed E-state index contributed by atoms with van der Waals surface area (Å²) in [5.74, 6) is 1.63.